The second-order valence-electron chi connectivity index (χ2n) is 6.16. The van der Waals surface area contributed by atoms with Gasteiger partial charge in [-0.1, -0.05) is 13.8 Å². The van der Waals surface area contributed by atoms with Crippen molar-refractivity contribution in [3.8, 4) is 0 Å². The Labute approximate surface area is 148 Å². The molecule has 2 rings (SSSR count). The molecule has 1 aromatic carbocycles. The van der Waals surface area contributed by atoms with E-state index in [0.29, 0.717) is 17.9 Å². The Morgan fingerprint density at radius 3 is 2.20 bits per heavy atom. The first kappa shape index (κ1) is 19.1. The van der Waals surface area contributed by atoms with E-state index in [1.54, 1.807) is 24.3 Å². The quantitative estimate of drug-likeness (QED) is 0.609. The Bertz CT molecular complexity index is 552. The van der Waals surface area contributed by atoms with Gasteiger partial charge in [-0.05, 0) is 49.9 Å². The average Bonchev–Trinajstić information content (AvgIpc) is 3.13. The molecule has 1 fully saturated rings. The highest BCUT2D eigenvalue weighted by atomic mass is 16.5. The number of carbonyl (C=O) groups excluding carboxylic acids is 2. The third kappa shape index (κ3) is 6.62. The van der Waals surface area contributed by atoms with Crippen molar-refractivity contribution in [2.45, 2.75) is 51.7 Å². The second kappa shape index (κ2) is 9.88. The van der Waals surface area contributed by atoms with Crippen LogP contribution in [0.4, 0.5) is 21.0 Å². The number of benzene rings is 1. The van der Waals surface area contributed by atoms with Gasteiger partial charge in [0.15, 0.2) is 0 Å². The zero-order valence-electron chi connectivity index (χ0n) is 14.9. The lowest BCUT2D eigenvalue weighted by Gasteiger charge is -2.15. The van der Waals surface area contributed by atoms with E-state index in [0.717, 1.165) is 32.3 Å². The van der Waals surface area contributed by atoms with E-state index in [4.69, 9.17) is 4.74 Å². The van der Waals surface area contributed by atoms with Crippen LogP contribution >= 0.6 is 0 Å². The molecule has 0 saturated carbocycles. The van der Waals surface area contributed by atoms with Crippen LogP contribution < -0.4 is 21.3 Å². The van der Waals surface area contributed by atoms with Gasteiger partial charge in [0.1, 0.15) is 0 Å². The van der Waals surface area contributed by atoms with Crippen molar-refractivity contribution in [2.75, 3.05) is 23.8 Å². The summed E-state index contributed by atoms with van der Waals surface area (Å²) in [7, 11) is 0. The zero-order valence-corrected chi connectivity index (χ0v) is 14.9. The van der Waals surface area contributed by atoms with E-state index in [1.165, 1.54) is 0 Å². The van der Waals surface area contributed by atoms with Crippen molar-refractivity contribution >= 4 is 23.4 Å². The molecule has 1 unspecified atom stereocenters. The molecule has 0 aromatic heterocycles. The molecule has 0 spiro atoms. The number of carbonyl (C=O) groups is 2. The van der Waals surface area contributed by atoms with E-state index in [2.05, 4.69) is 21.3 Å². The Balaban J connectivity index is 1.74. The lowest BCUT2D eigenvalue weighted by molar-refractivity contribution is 0.112. The Morgan fingerprint density at radius 1 is 1.08 bits per heavy atom. The van der Waals surface area contributed by atoms with Crippen molar-refractivity contribution in [1.29, 1.82) is 0 Å². The highest BCUT2D eigenvalue weighted by Gasteiger charge is 2.16. The van der Waals surface area contributed by atoms with Gasteiger partial charge in [-0.3, -0.25) is 0 Å². The summed E-state index contributed by atoms with van der Waals surface area (Å²) in [5, 5.41) is 11.3. The van der Waals surface area contributed by atoms with Gasteiger partial charge in [0.05, 0.1) is 6.10 Å². The van der Waals surface area contributed by atoms with E-state index < -0.39 is 0 Å². The maximum atomic E-state index is 11.9. The van der Waals surface area contributed by atoms with Crippen molar-refractivity contribution < 1.29 is 14.3 Å². The fourth-order valence-electron chi connectivity index (χ4n) is 2.67. The van der Waals surface area contributed by atoms with Crippen LogP contribution in [0, 0.1) is 0 Å². The van der Waals surface area contributed by atoms with Crippen LogP contribution in [0.25, 0.3) is 0 Å². The van der Waals surface area contributed by atoms with Gasteiger partial charge in [0, 0.05) is 30.6 Å². The number of hydrogen-bond acceptors (Lipinski definition) is 3. The molecule has 1 saturated heterocycles. The van der Waals surface area contributed by atoms with Crippen LogP contribution in [0.2, 0.25) is 0 Å². The normalized spacial score (nSPS) is 16.5. The number of urea groups is 2. The van der Waals surface area contributed by atoms with Crippen LogP contribution in [0.3, 0.4) is 0 Å². The summed E-state index contributed by atoms with van der Waals surface area (Å²) < 4.78 is 5.46. The molecule has 0 aliphatic carbocycles. The summed E-state index contributed by atoms with van der Waals surface area (Å²) in [6, 6.07) is 6.70. The molecule has 25 heavy (non-hydrogen) atoms. The number of amides is 4. The van der Waals surface area contributed by atoms with Gasteiger partial charge >= 0.3 is 12.1 Å². The highest BCUT2D eigenvalue weighted by molar-refractivity contribution is 5.91. The van der Waals surface area contributed by atoms with Crippen molar-refractivity contribution in [1.82, 2.24) is 10.6 Å². The molecule has 1 aliphatic heterocycles. The summed E-state index contributed by atoms with van der Waals surface area (Å²) in [6.45, 7) is 5.37. The second-order valence-corrected chi connectivity index (χ2v) is 6.16. The highest BCUT2D eigenvalue weighted by Crippen LogP contribution is 2.14. The number of ether oxygens (including phenoxy) is 1. The molecule has 1 heterocycles. The predicted octanol–water partition coefficient (Wildman–Crippen LogP) is 3.30. The molecule has 0 bridgehead atoms. The first-order chi connectivity index (χ1) is 12.1. The lowest BCUT2D eigenvalue weighted by atomic mass is 10.2. The van der Waals surface area contributed by atoms with Gasteiger partial charge in [-0.25, -0.2) is 9.59 Å². The van der Waals surface area contributed by atoms with Crippen LogP contribution in [0.15, 0.2) is 24.3 Å². The van der Waals surface area contributed by atoms with Crippen LogP contribution in [0.1, 0.15) is 39.5 Å². The molecule has 7 nitrogen and oxygen atoms in total. The van der Waals surface area contributed by atoms with Gasteiger partial charge < -0.3 is 26.0 Å². The summed E-state index contributed by atoms with van der Waals surface area (Å²) >= 11 is 0. The number of rotatable bonds is 7. The predicted molar refractivity (Wildman–Crippen MR) is 99.0 cm³/mol. The molecule has 4 N–H and O–H groups in total. The van der Waals surface area contributed by atoms with Crippen LogP contribution in [-0.4, -0.2) is 37.4 Å². The van der Waals surface area contributed by atoms with E-state index in [1.807, 2.05) is 13.8 Å². The maximum absolute atomic E-state index is 11.9. The lowest BCUT2D eigenvalue weighted by Crippen LogP contribution is -2.37. The SMILES string of the molecule is CCC(CC)NC(=O)Nc1ccc(NC(=O)NCC2CCCO2)cc1. The third-order valence-electron chi connectivity index (χ3n) is 4.24. The van der Waals surface area contributed by atoms with Crippen molar-refractivity contribution in [3.63, 3.8) is 0 Å². The van der Waals surface area contributed by atoms with E-state index in [-0.39, 0.29) is 24.2 Å². The van der Waals surface area contributed by atoms with Crippen molar-refractivity contribution in [3.05, 3.63) is 24.3 Å². The first-order valence-corrected chi connectivity index (χ1v) is 8.94. The minimum atomic E-state index is -0.261. The fraction of sp³-hybridized carbons (Fsp3) is 0.556. The largest absolute Gasteiger partial charge is 0.376 e. The maximum Gasteiger partial charge on any atom is 0.319 e. The van der Waals surface area contributed by atoms with E-state index in [9.17, 15) is 9.59 Å². The van der Waals surface area contributed by atoms with Gasteiger partial charge in [0.25, 0.3) is 0 Å². The number of nitrogens with one attached hydrogen (secondary N) is 4. The Morgan fingerprint density at radius 2 is 1.68 bits per heavy atom. The molecule has 1 aliphatic rings. The molecule has 1 atom stereocenters. The first-order valence-electron chi connectivity index (χ1n) is 8.94. The summed E-state index contributed by atoms with van der Waals surface area (Å²) in [4.78, 5) is 23.8. The summed E-state index contributed by atoms with van der Waals surface area (Å²) in [5.74, 6) is 0. The van der Waals surface area contributed by atoms with Gasteiger partial charge in [-0.15, -0.1) is 0 Å². The van der Waals surface area contributed by atoms with Crippen LogP contribution in [-0.2, 0) is 4.74 Å². The zero-order chi connectivity index (χ0) is 18.1. The minimum Gasteiger partial charge on any atom is -0.376 e. The molecule has 0 radical (unpaired) electrons. The number of anilines is 2. The van der Waals surface area contributed by atoms with Gasteiger partial charge in [-0.2, -0.15) is 0 Å². The Kier molecular flexibility index (Phi) is 7.53. The average molecular weight is 348 g/mol. The van der Waals surface area contributed by atoms with Crippen LogP contribution in [0.5, 0.6) is 0 Å². The molecule has 138 valence electrons. The molecule has 4 amide bonds. The minimum absolute atomic E-state index is 0.117. The van der Waals surface area contributed by atoms with Crippen molar-refractivity contribution in [2.24, 2.45) is 0 Å². The Hall–Kier alpha value is -2.28. The molecular formula is C18H28N4O3. The van der Waals surface area contributed by atoms with E-state index >= 15 is 0 Å². The monoisotopic (exact) mass is 348 g/mol. The molecular weight excluding hydrogens is 320 g/mol. The summed E-state index contributed by atoms with van der Waals surface area (Å²) in [5.41, 5.74) is 1.34. The molecule has 7 heteroatoms. The third-order valence-corrected chi connectivity index (χ3v) is 4.24. The smallest absolute Gasteiger partial charge is 0.319 e. The topological polar surface area (TPSA) is 91.5 Å². The fourth-order valence-corrected chi connectivity index (χ4v) is 2.67. The standard InChI is InChI=1S/C18H28N4O3/c1-3-13(4-2)20-18(24)22-15-9-7-14(8-10-15)21-17(23)19-12-16-6-5-11-25-16/h7-10,13,16H,3-6,11-12H2,1-2H3,(H2,19,21,23)(H2,20,22,24). The van der Waals surface area contributed by atoms with Gasteiger partial charge in [0.2, 0.25) is 0 Å². The summed E-state index contributed by atoms with van der Waals surface area (Å²) in [6.07, 6.45) is 3.94. The number of hydrogen-bond donors (Lipinski definition) is 4. The molecule has 1 aromatic rings.